The van der Waals surface area contributed by atoms with Crippen molar-refractivity contribution in [2.24, 2.45) is 5.73 Å². The molecule has 0 fully saturated rings. The van der Waals surface area contributed by atoms with Crippen molar-refractivity contribution in [1.29, 1.82) is 0 Å². The lowest BCUT2D eigenvalue weighted by atomic mass is 9.88. The van der Waals surface area contributed by atoms with Gasteiger partial charge in [0.2, 0.25) is 5.91 Å². The molecule has 1 atom stereocenters. The second kappa shape index (κ2) is 4.45. The van der Waals surface area contributed by atoms with Crippen molar-refractivity contribution >= 4 is 5.91 Å². The number of rotatable bonds is 3. The Labute approximate surface area is 90.7 Å². The SMILES string of the molecule is CC(=O)N[C@@](C)(CN)c1ccccc1C. The Morgan fingerprint density at radius 1 is 1.47 bits per heavy atom. The smallest absolute Gasteiger partial charge is 0.217 e. The van der Waals surface area contributed by atoms with Gasteiger partial charge in [-0.15, -0.1) is 0 Å². The van der Waals surface area contributed by atoms with E-state index >= 15 is 0 Å². The minimum absolute atomic E-state index is 0.0637. The van der Waals surface area contributed by atoms with Crippen LogP contribution in [0.2, 0.25) is 0 Å². The normalized spacial score (nSPS) is 14.4. The van der Waals surface area contributed by atoms with Crippen LogP contribution >= 0.6 is 0 Å². The molecule has 15 heavy (non-hydrogen) atoms. The molecule has 3 heteroatoms. The summed E-state index contributed by atoms with van der Waals surface area (Å²) in [4.78, 5) is 11.1. The zero-order chi connectivity index (χ0) is 11.5. The number of hydrogen-bond donors (Lipinski definition) is 2. The molecule has 0 heterocycles. The Morgan fingerprint density at radius 2 is 2.07 bits per heavy atom. The van der Waals surface area contributed by atoms with Gasteiger partial charge >= 0.3 is 0 Å². The number of carbonyl (C=O) groups is 1. The predicted octanol–water partition coefficient (Wildman–Crippen LogP) is 1.31. The summed E-state index contributed by atoms with van der Waals surface area (Å²) in [5.74, 6) is -0.0637. The van der Waals surface area contributed by atoms with Gasteiger partial charge in [0.1, 0.15) is 0 Å². The number of benzene rings is 1. The van der Waals surface area contributed by atoms with Crippen LogP contribution in [0.5, 0.6) is 0 Å². The molecule has 0 bridgehead atoms. The molecule has 0 aliphatic rings. The van der Waals surface area contributed by atoms with Crippen molar-refractivity contribution in [1.82, 2.24) is 5.32 Å². The monoisotopic (exact) mass is 206 g/mol. The third-order valence-corrected chi connectivity index (χ3v) is 2.60. The summed E-state index contributed by atoms with van der Waals surface area (Å²) >= 11 is 0. The first-order valence-corrected chi connectivity index (χ1v) is 5.04. The van der Waals surface area contributed by atoms with Gasteiger partial charge in [0.15, 0.2) is 0 Å². The standard InChI is InChI=1S/C12H18N2O/c1-9-6-4-5-7-11(9)12(3,8-13)14-10(2)15/h4-7H,8,13H2,1-3H3,(H,14,15)/t12-/m0/s1. The van der Waals surface area contributed by atoms with Gasteiger partial charge in [-0.3, -0.25) is 4.79 Å². The van der Waals surface area contributed by atoms with Crippen LogP contribution in [0.3, 0.4) is 0 Å². The van der Waals surface area contributed by atoms with Crippen LogP contribution < -0.4 is 11.1 Å². The van der Waals surface area contributed by atoms with Crippen LogP contribution in [0.15, 0.2) is 24.3 Å². The average Bonchev–Trinajstić information content (AvgIpc) is 2.17. The lowest BCUT2D eigenvalue weighted by Gasteiger charge is -2.30. The van der Waals surface area contributed by atoms with E-state index in [0.29, 0.717) is 6.54 Å². The number of nitrogens with two attached hydrogens (primary N) is 1. The Balaban J connectivity index is 3.11. The highest BCUT2D eigenvalue weighted by Crippen LogP contribution is 2.22. The molecule has 0 radical (unpaired) electrons. The molecule has 1 aromatic carbocycles. The fraction of sp³-hybridized carbons (Fsp3) is 0.417. The van der Waals surface area contributed by atoms with E-state index in [4.69, 9.17) is 5.73 Å². The maximum absolute atomic E-state index is 11.1. The summed E-state index contributed by atoms with van der Waals surface area (Å²) in [6.07, 6.45) is 0. The largest absolute Gasteiger partial charge is 0.346 e. The zero-order valence-electron chi connectivity index (χ0n) is 9.50. The highest BCUT2D eigenvalue weighted by atomic mass is 16.1. The second-order valence-electron chi connectivity index (χ2n) is 4.03. The zero-order valence-corrected chi connectivity index (χ0v) is 9.50. The summed E-state index contributed by atoms with van der Waals surface area (Å²) in [5, 5.41) is 2.90. The van der Waals surface area contributed by atoms with Gasteiger partial charge in [-0.1, -0.05) is 24.3 Å². The first-order valence-electron chi connectivity index (χ1n) is 5.04. The maximum Gasteiger partial charge on any atom is 0.217 e. The van der Waals surface area contributed by atoms with Crippen LogP contribution in [0.4, 0.5) is 0 Å². The molecule has 3 N–H and O–H groups in total. The maximum atomic E-state index is 11.1. The molecule has 1 rings (SSSR count). The van der Waals surface area contributed by atoms with Gasteiger partial charge in [-0.25, -0.2) is 0 Å². The molecule has 0 aliphatic carbocycles. The summed E-state index contributed by atoms with van der Waals surface area (Å²) in [6, 6.07) is 7.95. The number of amides is 1. The van der Waals surface area contributed by atoms with E-state index in [0.717, 1.165) is 11.1 Å². The minimum atomic E-state index is -0.475. The van der Waals surface area contributed by atoms with Crippen molar-refractivity contribution in [2.75, 3.05) is 6.54 Å². The van der Waals surface area contributed by atoms with Crippen molar-refractivity contribution in [3.05, 3.63) is 35.4 Å². The third-order valence-electron chi connectivity index (χ3n) is 2.60. The first-order chi connectivity index (χ1) is 6.99. The predicted molar refractivity (Wildman–Crippen MR) is 61.4 cm³/mol. The fourth-order valence-electron chi connectivity index (χ4n) is 1.81. The average molecular weight is 206 g/mol. The van der Waals surface area contributed by atoms with Crippen molar-refractivity contribution in [3.63, 3.8) is 0 Å². The lowest BCUT2D eigenvalue weighted by Crippen LogP contribution is -2.48. The Hall–Kier alpha value is -1.35. The summed E-state index contributed by atoms with van der Waals surface area (Å²) in [7, 11) is 0. The number of hydrogen-bond acceptors (Lipinski definition) is 2. The van der Waals surface area contributed by atoms with Gasteiger partial charge in [-0.2, -0.15) is 0 Å². The van der Waals surface area contributed by atoms with Crippen molar-refractivity contribution in [2.45, 2.75) is 26.3 Å². The number of carbonyl (C=O) groups excluding carboxylic acids is 1. The Kier molecular flexibility index (Phi) is 3.48. The molecule has 0 spiro atoms. The molecule has 82 valence electrons. The third kappa shape index (κ3) is 2.57. The van der Waals surface area contributed by atoms with E-state index in [9.17, 15) is 4.79 Å². The van der Waals surface area contributed by atoms with Gasteiger partial charge in [0.25, 0.3) is 0 Å². The molecular formula is C12H18N2O. The molecule has 0 aromatic heterocycles. The van der Waals surface area contributed by atoms with Crippen LogP contribution in [0.1, 0.15) is 25.0 Å². The highest BCUT2D eigenvalue weighted by molar-refractivity contribution is 5.74. The van der Waals surface area contributed by atoms with E-state index in [1.165, 1.54) is 6.92 Å². The Morgan fingerprint density at radius 3 is 2.53 bits per heavy atom. The molecule has 0 aliphatic heterocycles. The second-order valence-corrected chi connectivity index (χ2v) is 4.03. The van der Waals surface area contributed by atoms with Crippen molar-refractivity contribution in [3.8, 4) is 0 Å². The highest BCUT2D eigenvalue weighted by Gasteiger charge is 2.26. The summed E-state index contributed by atoms with van der Waals surface area (Å²) in [6.45, 7) is 5.85. The first kappa shape index (κ1) is 11.7. The molecule has 1 aromatic rings. The van der Waals surface area contributed by atoms with E-state index < -0.39 is 5.54 Å². The summed E-state index contributed by atoms with van der Waals surface area (Å²) < 4.78 is 0. The van der Waals surface area contributed by atoms with Crippen molar-refractivity contribution < 1.29 is 4.79 Å². The topological polar surface area (TPSA) is 55.1 Å². The van der Waals surface area contributed by atoms with E-state index in [1.807, 2.05) is 38.1 Å². The quantitative estimate of drug-likeness (QED) is 0.783. The molecule has 0 saturated carbocycles. The summed E-state index contributed by atoms with van der Waals surface area (Å²) in [5.41, 5.74) is 7.48. The van der Waals surface area contributed by atoms with Gasteiger partial charge in [0, 0.05) is 13.5 Å². The van der Waals surface area contributed by atoms with Crippen LogP contribution in [0, 0.1) is 6.92 Å². The van der Waals surface area contributed by atoms with E-state index in [2.05, 4.69) is 5.32 Å². The fourth-order valence-corrected chi connectivity index (χ4v) is 1.81. The Bertz CT molecular complexity index is 362. The lowest BCUT2D eigenvalue weighted by molar-refractivity contribution is -0.120. The molecule has 0 unspecified atom stereocenters. The number of aryl methyl sites for hydroxylation is 1. The number of nitrogens with one attached hydrogen (secondary N) is 1. The molecule has 3 nitrogen and oxygen atoms in total. The van der Waals surface area contributed by atoms with Gasteiger partial charge in [0.05, 0.1) is 5.54 Å². The van der Waals surface area contributed by atoms with E-state index in [1.54, 1.807) is 0 Å². The van der Waals surface area contributed by atoms with Crippen LogP contribution in [-0.2, 0) is 10.3 Å². The van der Waals surface area contributed by atoms with E-state index in [-0.39, 0.29) is 5.91 Å². The molecule has 0 saturated heterocycles. The van der Waals surface area contributed by atoms with Crippen LogP contribution in [-0.4, -0.2) is 12.5 Å². The minimum Gasteiger partial charge on any atom is -0.346 e. The molecule has 1 amide bonds. The molecular weight excluding hydrogens is 188 g/mol. The van der Waals surface area contributed by atoms with Gasteiger partial charge in [-0.05, 0) is 25.0 Å². The van der Waals surface area contributed by atoms with Gasteiger partial charge < -0.3 is 11.1 Å². The van der Waals surface area contributed by atoms with Crippen LogP contribution in [0.25, 0.3) is 0 Å².